The lowest BCUT2D eigenvalue weighted by atomic mass is 10.1. The lowest BCUT2D eigenvalue weighted by Gasteiger charge is -2.22. The molecule has 0 aliphatic carbocycles. The van der Waals surface area contributed by atoms with E-state index in [0.717, 1.165) is 0 Å². The fraction of sp³-hybridized carbons (Fsp3) is 0.417. The Morgan fingerprint density at radius 3 is 2.72 bits per heavy atom. The normalized spacial score (nSPS) is 17.3. The van der Waals surface area contributed by atoms with Gasteiger partial charge in [-0.15, -0.1) is 0 Å². The Morgan fingerprint density at radius 2 is 2.06 bits per heavy atom. The molecular formula is C12H14N2O3S. The highest BCUT2D eigenvalue weighted by Crippen LogP contribution is 2.14. The van der Waals surface area contributed by atoms with Crippen LogP contribution in [0.1, 0.15) is 18.4 Å². The number of nitrogens with zero attached hydrogens (tertiary/aromatic N) is 1. The molecule has 1 aromatic rings. The molecule has 1 N–H and O–H groups in total. The molecule has 1 aromatic carbocycles. The van der Waals surface area contributed by atoms with E-state index in [-0.39, 0.29) is 10.9 Å². The van der Waals surface area contributed by atoms with Gasteiger partial charge in [0, 0.05) is 19.3 Å². The predicted molar refractivity (Wildman–Crippen MR) is 65.3 cm³/mol. The van der Waals surface area contributed by atoms with E-state index in [4.69, 9.17) is 10.00 Å². The molecule has 0 radical (unpaired) electrons. The van der Waals surface area contributed by atoms with Crippen LogP contribution in [-0.2, 0) is 14.8 Å². The van der Waals surface area contributed by atoms with Crippen molar-refractivity contribution in [2.75, 3.05) is 13.2 Å². The number of rotatable bonds is 3. The average molecular weight is 266 g/mol. The zero-order valence-electron chi connectivity index (χ0n) is 9.80. The number of hydrogen-bond donors (Lipinski definition) is 1. The highest BCUT2D eigenvalue weighted by Gasteiger charge is 2.22. The van der Waals surface area contributed by atoms with Crippen LogP contribution in [0.2, 0.25) is 0 Å². The van der Waals surface area contributed by atoms with E-state index in [1.807, 2.05) is 6.07 Å². The molecule has 2 rings (SSSR count). The topological polar surface area (TPSA) is 79.2 Å². The Morgan fingerprint density at radius 1 is 1.33 bits per heavy atom. The fourth-order valence-corrected chi connectivity index (χ4v) is 3.19. The second kappa shape index (κ2) is 5.48. The highest BCUT2D eigenvalue weighted by atomic mass is 32.2. The molecule has 1 saturated heterocycles. The van der Waals surface area contributed by atoms with Crippen molar-refractivity contribution in [2.45, 2.75) is 23.8 Å². The average Bonchev–Trinajstić information content (AvgIpc) is 2.39. The van der Waals surface area contributed by atoms with Gasteiger partial charge in [-0.1, -0.05) is 6.07 Å². The summed E-state index contributed by atoms with van der Waals surface area (Å²) in [6, 6.07) is 7.85. The van der Waals surface area contributed by atoms with Gasteiger partial charge >= 0.3 is 0 Å². The first-order valence-corrected chi connectivity index (χ1v) is 7.20. The number of nitriles is 1. The van der Waals surface area contributed by atoms with Crippen molar-refractivity contribution in [3.05, 3.63) is 29.8 Å². The van der Waals surface area contributed by atoms with Crippen LogP contribution >= 0.6 is 0 Å². The molecule has 6 heteroatoms. The summed E-state index contributed by atoms with van der Waals surface area (Å²) in [6.07, 6.45) is 1.36. The Labute approximate surface area is 106 Å². The summed E-state index contributed by atoms with van der Waals surface area (Å²) >= 11 is 0. The lowest BCUT2D eigenvalue weighted by molar-refractivity contribution is 0.0832. The third-order valence-electron chi connectivity index (χ3n) is 2.82. The molecular weight excluding hydrogens is 252 g/mol. The fourth-order valence-electron chi connectivity index (χ4n) is 1.84. The number of hydrogen-bond acceptors (Lipinski definition) is 4. The van der Waals surface area contributed by atoms with Gasteiger partial charge in [0.2, 0.25) is 10.0 Å². The standard InChI is InChI=1S/C12H14N2O3S/c13-9-10-2-1-3-12(8-10)18(15,16)14-11-4-6-17-7-5-11/h1-3,8,11,14H,4-7H2. The quantitative estimate of drug-likeness (QED) is 0.885. The predicted octanol–water partition coefficient (Wildman–Crippen LogP) is 1.02. The Bertz CT molecular complexity index is 557. The summed E-state index contributed by atoms with van der Waals surface area (Å²) < 4.78 is 32.0. The summed E-state index contributed by atoms with van der Waals surface area (Å²) in [6.45, 7) is 1.15. The molecule has 18 heavy (non-hydrogen) atoms. The van der Waals surface area contributed by atoms with Crippen LogP contribution < -0.4 is 4.72 Å². The third-order valence-corrected chi connectivity index (χ3v) is 4.33. The van der Waals surface area contributed by atoms with Gasteiger partial charge in [0.05, 0.1) is 16.5 Å². The van der Waals surface area contributed by atoms with Crippen LogP contribution in [0.25, 0.3) is 0 Å². The molecule has 0 aromatic heterocycles. The zero-order chi connectivity index (χ0) is 13.0. The van der Waals surface area contributed by atoms with Crippen LogP contribution in [0.15, 0.2) is 29.2 Å². The monoisotopic (exact) mass is 266 g/mol. The minimum absolute atomic E-state index is 0.0884. The second-order valence-electron chi connectivity index (χ2n) is 4.15. The zero-order valence-corrected chi connectivity index (χ0v) is 10.6. The van der Waals surface area contributed by atoms with E-state index in [1.54, 1.807) is 12.1 Å². The molecule has 0 atom stereocenters. The van der Waals surface area contributed by atoms with Gasteiger partial charge in [-0.05, 0) is 31.0 Å². The maximum Gasteiger partial charge on any atom is 0.240 e. The number of sulfonamides is 1. The maximum absolute atomic E-state index is 12.1. The molecule has 5 nitrogen and oxygen atoms in total. The van der Waals surface area contributed by atoms with Crippen molar-refractivity contribution in [2.24, 2.45) is 0 Å². The van der Waals surface area contributed by atoms with E-state index >= 15 is 0 Å². The largest absolute Gasteiger partial charge is 0.381 e. The summed E-state index contributed by atoms with van der Waals surface area (Å²) in [4.78, 5) is 0.132. The molecule has 0 bridgehead atoms. The van der Waals surface area contributed by atoms with Crippen LogP contribution in [0, 0.1) is 11.3 Å². The van der Waals surface area contributed by atoms with Crippen LogP contribution in [0.5, 0.6) is 0 Å². The van der Waals surface area contributed by atoms with Gasteiger partial charge in [-0.25, -0.2) is 13.1 Å². The number of ether oxygens (including phenoxy) is 1. The van der Waals surface area contributed by atoms with E-state index in [1.165, 1.54) is 12.1 Å². The minimum atomic E-state index is -3.55. The molecule has 1 aliphatic rings. The van der Waals surface area contributed by atoms with Gasteiger partial charge < -0.3 is 4.74 Å². The Kier molecular flexibility index (Phi) is 3.97. The Hall–Kier alpha value is -1.42. The first kappa shape index (κ1) is 13.0. The smallest absolute Gasteiger partial charge is 0.240 e. The van der Waals surface area contributed by atoms with Gasteiger partial charge in [0.1, 0.15) is 0 Å². The van der Waals surface area contributed by atoms with Crippen LogP contribution in [-0.4, -0.2) is 27.7 Å². The maximum atomic E-state index is 12.1. The van der Waals surface area contributed by atoms with Crippen LogP contribution in [0.4, 0.5) is 0 Å². The second-order valence-corrected chi connectivity index (χ2v) is 5.86. The van der Waals surface area contributed by atoms with Gasteiger partial charge in [-0.3, -0.25) is 0 Å². The molecule has 0 spiro atoms. The van der Waals surface area contributed by atoms with Crippen molar-refractivity contribution >= 4 is 10.0 Å². The van der Waals surface area contributed by atoms with E-state index < -0.39 is 10.0 Å². The van der Waals surface area contributed by atoms with Crippen molar-refractivity contribution in [1.82, 2.24) is 4.72 Å². The van der Waals surface area contributed by atoms with Crippen LogP contribution in [0.3, 0.4) is 0 Å². The molecule has 96 valence electrons. The molecule has 0 amide bonds. The number of nitrogens with one attached hydrogen (secondary N) is 1. The summed E-state index contributed by atoms with van der Waals surface area (Å²) in [5.41, 5.74) is 0.338. The minimum Gasteiger partial charge on any atom is -0.381 e. The molecule has 1 heterocycles. The van der Waals surface area contributed by atoms with Crippen molar-refractivity contribution in [3.8, 4) is 6.07 Å². The molecule has 0 unspecified atom stereocenters. The summed E-state index contributed by atoms with van der Waals surface area (Å²) in [5.74, 6) is 0. The van der Waals surface area contributed by atoms with Gasteiger partial charge in [-0.2, -0.15) is 5.26 Å². The van der Waals surface area contributed by atoms with E-state index in [2.05, 4.69) is 4.72 Å². The third kappa shape index (κ3) is 3.07. The SMILES string of the molecule is N#Cc1cccc(S(=O)(=O)NC2CCOCC2)c1. The van der Waals surface area contributed by atoms with Gasteiger partial charge in [0.15, 0.2) is 0 Å². The van der Waals surface area contributed by atoms with Gasteiger partial charge in [0.25, 0.3) is 0 Å². The first-order valence-electron chi connectivity index (χ1n) is 5.72. The highest BCUT2D eigenvalue weighted by molar-refractivity contribution is 7.89. The van der Waals surface area contributed by atoms with Crippen molar-refractivity contribution in [1.29, 1.82) is 5.26 Å². The van der Waals surface area contributed by atoms with Crippen molar-refractivity contribution in [3.63, 3.8) is 0 Å². The summed E-state index contributed by atoms with van der Waals surface area (Å²) in [7, 11) is -3.55. The molecule has 1 fully saturated rings. The number of benzene rings is 1. The lowest BCUT2D eigenvalue weighted by Crippen LogP contribution is -2.38. The molecule has 1 aliphatic heterocycles. The van der Waals surface area contributed by atoms with E-state index in [0.29, 0.717) is 31.6 Å². The first-order chi connectivity index (χ1) is 8.62. The molecule has 0 saturated carbocycles. The van der Waals surface area contributed by atoms with Crippen molar-refractivity contribution < 1.29 is 13.2 Å². The summed E-state index contributed by atoms with van der Waals surface area (Å²) in [5, 5.41) is 8.77. The Balaban J connectivity index is 2.17. The van der Waals surface area contributed by atoms with E-state index in [9.17, 15) is 8.42 Å².